The number of aromatic hydroxyl groups is 1. The molecule has 30 heavy (non-hydrogen) atoms. The molecule has 0 bridgehead atoms. The number of ketones is 1. The summed E-state index contributed by atoms with van der Waals surface area (Å²) >= 11 is 1.16. The predicted octanol–water partition coefficient (Wildman–Crippen LogP) is 6.46. The van der Waals surface area contributed by atoms with Crippen LogP contribution in [0.3, 0.4) is 0 Å². The molecule has 2 aromatic rings. The number of hydrogen-bond acceptors (Lipinski definition) is 4. The lowest BCUT2D eigenvalue weighted by molar-refractivity contribution is -0.109. The molecular weight excluding hydrogens is 394 g/mol. The fourth-order valence-electron chi connectivity index (χ4n) is 3.42. The number of carbonyl (C=O) groups is 2. The molecule has 0 aliphatic carbocycles. The highest BCUT2D eigenvalue weighted by atomic mass is 32.2. The molecule has 5 heteroatoms. The van der Waals surface area contributed by atoms with E-state index < -0.39 is 0 Å². The molecule has 164 valence electrons. The van der Waals surface area contributed by atoms with Gasteiger partial charge in [-0.15, -0.1) is 0 Å². The van der Waals surface area contributed by atoms with E-state index in [0.717, 1.165) is 47.3 Å². The first-order chi connectivity index (χ1) is 13.8. The van der Waals surface area contributed by atoms with Crippen molar-refractivity contribution >= 4 is 22.7 Å². The summed E-state index contributed by atoms with van der Waals surface area (Å²) in [5.41, 5.74) is 2.06. The van der Waals surface area contributed by atoms with Gasteiger partial charge in [0.2, 0.25) is 0 Å². The number of hydrogen-bond donors (Lipinski definition) is 1. The third kappa shape index (κ3) is 5.57. The van der Waals surface area contributed by atoms with Crippen LogP contribution in [0.15, 0.2) is 29.4 Å². The highest BCUT2D eigenvalue weighted by Crippen LogP contribution is 2.40. The number of phenolic OH excluding ortho intramolecular Hbond substituents is 1. The van der Waals surface area contributed by atoms with Crippen molar-refractivity contribution in [1.29, 1.82) is 0 Å². The van der Waals surface area contributed by atoms with Gasteiger partial charge in [-0.1, -0.05) is 54.9 Å². The number of phenols is 1. The van der Waals surface area contributed by atoms with E-state index in [4.69, 9.17) is 0 Å². The minimum atomic E-state index is -0.303. The molecule has 1 N–H and O–H groups in total. The van der Waals surface area contributed by atoms with E-state index in [1.807, 2.05) is 70.5 Å². The van der Waals surface area contributed by atoms with Crippen molar-refractivity contribution in [2.24, 2.45) is 0 Å². The summed E-state index contributed by atoms with van der Waals surface area (Å²) in [6, 6.07) is 5.44. The average molecular weight is 430 g/mol. The van der Waals surface area contributed by atoms with E-state index in [-0.39, 0.29) is 27.5 Å². The van der Waals surface area contributed by atoms with Gasteiger partial charge in [-0.05, 0) is 47.2 Å². The van der Waals surface area contributed by atoms with Gasteiger partial charge in [0.05, 0.1) is 5.03 Å². The van der Waals surface area contributed by atoms with Crippen LogP contribution in [0.25, 0.3) is 0 Å². The summed E-state index contributed by atoms with van der Waals surface area (Å²) in [4.78, 5) is 25.1. The van der Waals surface area contributed by atoms with E-state index >= 15 is 0 Å². The summed E-state index contributed by atoms with van der Waals surface area (Å²) < 4.78 is 2.00. The molecule has 0 unspecified atom stereocenters. The number of aromatic nitrogens is 1. The Balaban J connectivity index is 2.60. The fraction of sp³-hybridized carbons (Fsp3) is 0.520. The topological polar surface area (TPSA) is 59.3 Å². The Morgan fingerprint density at radius 3 is 1.93 bits per heavy atom. The first kappa shape index (κ1) is 24.3. The second kappa shape index (κ2) is 9.01. The number of carbonyl (C=O) groups excluding carboxylic acids is 2. The van der Waals surface area contributed by atoms with Crippen LogP contribution in [0.4, 0.5) is 0 Å². The monoisotopic (exact) mass is 429 g/mol. The molecule has 0 aliphatic rings. The summed E-state index contributed by atoms with van der Waals surface area (Å²) in [6.07, 6.45) is 3.87. The van der Waals surface area contributed by atoms with Gasteiger partial charge < -0.3 is 9.67 Å². The van der Waals surface area contributed by atoms with E-state index in [0.29, 0.717) is 11.1 Å². The fourth-order valence-corrected chi connectivity index (χ4v) is 4.16. The van der Waals surface area contributed by atoms with Crippen molar-refractivity contribution in [3.63, 3.8) is 0 Å². The Kier molecular flexibility index (Phi) is 7.28. The summed E-state index contributed by atoms with van der Waals surface area (Å²) in [6.45, 7) is 16.6. The van der Waals surface area contributed by atoms with Crippen molar-refractivity contribution in [2.45, 2.75) is 90.6 Å². The number of rotatable bonds is 6. The molecule has 4 nitrogen and oxygen atoms in total. The zero-order valence-electron chi connectivity index (χ0n) is 19.5. The molecule has 0 saturated carbocycles. The molecule has 1 aromatic heterocycles. The van der Waals surface area contributed by atoms with Crippen LogP contribution in [0, 0.1) is 0 Å². The number of aryl methyl sites for hydroxylation is 1. The molecule has 0 fully saturated rings. The maximum Gasteiger partial charge on any atom is 0.194 e. The van der Waals surface area contributed by atoms with Crippen LogP contribution in [-0.2, 0) is 22.2 Å². The molecule has 0 amide bonds. The molecule has 0 atom stereocenters. The maximum absolute atomic E-state index is 13.5. The van der Waals surface area contributed by atoms with Crippen molar-refractivity contribution in [3.05, 3.63) is 46.6 Å². The molecular formula is C25H35NO3S. The quantitative estimate of drug-likeness (QED) is 0.423. The lowest BCUT2D eigenvalue weighted by Crippen LogP contribution is -2.19. The van der Waals surface area contributed by atoms with Gasteiger partial charge in [0.1, 0.15) is 5.75 Å². The zero-order valence-corrected chi connectivity index (χ0v) is 20.4. The Morgan fingerprint density at radius 2 is 1.50 bits per heavy atom. The van der Waals surface area contributed by atoms with Crippen molar-refractivity contribution < 1.29 is 14.7 Å². The largest absolute Gasteiger partial charge is 0.507 e. The number of benzene rings is 1. The molecule has 0 spiro atoms. The smallest absolute Gasteiger partial charge is 0.194 e. The van der Waals surface area contributed by atoms with Crippen LogP contribution >= 0.6 is 11.8 Å². The Morgan fingerprint density at radius 1 is 0.967 bits per heavy atom. The van der Waals surface area contributed by atoms with Crippen LogP contribution in [-0.4, -0.2) is 20.6 Å². The predicted molar refractivity (Wildman–Crippen MR) is 125 cm³/mol. The van der Waals surface area contributed by atoms with Crippen LogP contribution in [0.1, 0.15) is 95.3 Å². The van der Waals surface area contributed by atoms with Crippen LogP contribution in [0.2, 0.25) is 0 Å². The van der Waals surface area contributed by atoms with Gasteiger partial charge in [-0.3, -0.25) is 9.59 Å². The van der Waals surface area contributed by atoms with Crippen molar-refractivity contribution in [1.82, 2.24) is 4.57 Å². The summed E-state index contributed by atoms with van der Waals surface area (Å²) in [5.74, 6) is 0.173. The first-order valence-electron chi connectivity index (χ1n) is 10.6. The highest BCUT2D eigenvalue weighted by Gasteiger charge is 2.28. The van der Waals surface area contributed by atoms with Gasteiger partial charge in [-0.2, -0.15) is 0 Å². The molecule has 1 heterocycles. The molecule has 1 aromatic carbocycles. The Labute approximate surface area is 185 Å². The standard InChI is InChI=1S/C25H35NO3S/c1-9-10-11-26-15-18(14-21(26)30-16(2)27)22(28)17-12-19(24(3,4)5)23(29)20(13-17)25(6,7)8/h12-15,29H,9-11H2,1-8H3. The first-order valence-corrected chi connectivity index (χ1v) is 11.4. The number of nitrogens with zero attached hydrogens (tertiary/aromatic N) is 1. The zero-order chi connectivity index (χ0) is 22.9. The summed E-state index contributed by atoms with van der Waals surface area (Å²) in [7, 11) is 0. The normalized spacial score (nSPS) is 12.3. The summed E-state index contributed by atoms with van der Waals surface area (Å²) in [5, 5.41) is 11.7. The van der Waals surface area contributed by atoms with E-state index in [9.17, 15) is 14.7 Å². The van der Waals surface area contributed by atoms with Gasteiger partial charge in [0.25, 0.3) is 0 Å². The van der Waals surface area contributed by atoms with Gasteiger partial charge in [-0.25, -0.2) is 0 Å². The van der Waals surface area contributed by atoms with Crippen molar-refractivity contribution in [2.75, 3.05) is 0 Å². The minimum Gasteiger partial charge on any atom is -0.507 e. The molecule has 0 saturated heterocycles. The van der Waals surface area contributed by atoms with Crippen LogP contribution < -0.4 is 0 Å². The second-order valence-corrected chi connectivity index (χ2v) is 11.2. The molecule has 0 radical (unpaired) electrons. The van der Waals surface area contributed by atoms with Crippen molar-refractivity contribution in [3.8, 4) is 5.75 Å². The van der Waals surface area contributed by atoms with Gasteiger partial charge in [0.15, 0.2) is 10.9 Å². The van der Waals surface area contributed by atoms with Gasteiger partial charge >= 0.3 is 0 Å². The number of unbranched alkanes of at least 4 members (excludes halogenated alkanes) is 1. The van der Waals surface area contributed by atoms with Gasteiger partial charge in [0, 0.05) is 41.9 Å². The molecule has 2 rings (SSSR count). The second-order valence-electron chi connectivity index (χ2n) is 9.96. The maximum atomic E-state index is 13.5. The lowest BCUT2D eigenvalue weighted by atomic mass is 9.78. The van der Waals surface area contributed by atoms with Crippen LogP contribution in [0.5, 0.6) is 5.75 Å². The third-order valence-corrected chi connectivity index (χ3v) is 5.96. The third-order valence-electron chi connectivity index (χ3n) is 5.11. The minimum absolute atomic E-state index is 0.000446. The number of thioether (sulfide) groups is 1. The average Bonchev–Trinajstić information content (AvgIpc) is 2.99. The highest BCUT2D eigenvalue weighted by molar-refractivity contribution is 8.13. The Hall–Kier alpha value is -2.01. The molecule has 0 aliphatic heterocycles. The Bertz CT molecular complexity index is 907. The lowest BCUT2D eigenvalue weighted by Gasteiger charge is -2.28. The van der Waals surface area contributed by atoms with E-state index in [2.05, 4.69) is 6.92 Å². The SMILES string of the molecule is CCCCn1cc(C(=O)c2cc(C(C)(C)C)c(O)c(C(C)(C)C)c2)cc1SC(C)=O. The van der Waals surface area contributed by atoms with E-state index in [1.54, 1.807) is 0 Å². The van der Waals surface area contributed by atoms with E-state index in [1.165, 1.54) is 6.92 Å².